The molecule has 0 saturated carbocycles. The molecular formula is C18H12FN5O. The molecule has 0 spiro atoms. The first kappa shape index (κ1) is 14.9. The van der Waals surface area contributed by atoms with Gasteiger partial charge in [0.25, 0.3) is 0 Å². The Morgan fingerprint density at radius 1 is 1.20 bits per heavy atom. The summed E-state index contributed by atoms with van der Waals surface area (Å²) in [5.74, 6) is -0.864. The molecule has 4 rings (SSSR count). The third kappa shape index (κ3) is 2.83. The van der Waals surface area contributed by atoms with Gasteiger partial charge in [-0.25, -0.2) is 14.4 Å². The lowest BCUT2D eigenvalue weighted by atomic mass is 10.1. The number of hydrogen-bond acceptors (Lipinski definition) is 4. The van der Waals surface area contributed by atoms with Crippen molar-refractivity contribution in [2.24, 2.45) is 5.73 Å². The molecule has 4 aromatic rings. The van der Waals surface area contributed by atoms with Gasteiger partial charge in [-0.3, -0.25) is 9.78 Å². The minimum atomic E-state index is -0.542. The van der Waals surface area contributed by atoms with Gasteiger partial charge in [-0.1, -0.05) is 0 Å². The van der Waals surface area contributed by atoms with Gasteiger partial charge in [0.05, 0.1) is 17.4 Å². The number of fused-ring (bicyclic) bond motifs is 2. The Morgan fingerprint density at radius 2 is 2.08 bits per heavy atom. The van der Waals surface area contributed by atoms with Crippen LogP contribution in [0.25, 0.3) is 39.4 Å². The molecule has 0 radical (unpaired) electrons. The van der Waals surface area contributed by atoms with Crippen LogP contribution in [0.5, 0.6) is 0 Å². The molecule has 3 N–H and O–H groups in total. The second kappa shape index (κ2) is 5.79. The Bertz CT molecular complexity index is 1150. The van der Waals surface area contributed by atoms with Crippen molar-refractivity contribution in [2.75, 3.05) is 0 Å². The van der Waals surface area contributed by atoms with E-state index in [4.69, 9.17) is 5.73 Å². The summed E-state index contributed by atoms with van der Waals surface area (Å²) in [5, 5.41) is 0.683. The van der Waals surface area contributed by atoms with Crippen LogP contribution in [0.1, 0.15) is 5.56 Å². The molecule has 0 aliphatic rings. The van der Waals surface area contributed by atoms with Crippen LogP contribution in [-0.2, 0) is 4.79 Å². The number of aromatic nitrogens is 4. The summed E-state index contributed by atoms with van der Waals surface area (Å²) >= 11 is 0. The van der Waals surface area contributed by atoms with Gasteiger partial charge >= 0.3 is 0 Å². The molecule has 0 bridgehead atoms. The predicted octanol–water partition coefficient (Wildman–Crippen LogP) is 2.81. The third-order valence-corrected chi connectivity index (χ3v) is 3.78. The van der Waals surface area contributed by atoms with Crippen LogP contribution >= 0.6 is 0 Å². The van der Waals surface area contributed by atoms with Crippen molar-refractivity contribution in [3.05, 3.63) is 60.3 Å². The molecule has 25 heavy (non-hydrogen) atoms. The number of nitrogens with one attached hydrogen (secondary N) is 1. The van der Waals surface area contributed by atoms with E-state index in [1.807, 2.05) is 6.07 Å². The minimum Gasteiger partial charge on any atom is -0.366 e. The molecule has 0 saturated heterocycles. The van der Waals surface area contributed by atoms with Gasteiger partial charge in [0.15, 0.2) is 5.65 Å². The van der Waals surface area contributed by atoms with Crippen molar-refractivity contribution in [3.63, 3.8) is 0 Å². The number of halogens is 1. The number of H-pyrrole nitrogens is 1. The number of carbonyl (C=O) groups excluding carboxylic acids is 1. The highest BCUT2D eigenvalue weighted by Gasteiger charge is 2.09. The minimum absolute atomic E-state index is 0.322. The van der Waals surface area contributed by atoms with Crippen LogP contribution in [0.3, 0.4) is 0 Å². The molecule has 0 fully saturated rings. The van der Waals surface area contributed by atoms with E-state index in [-0.39, 0.29) is 5.82 Å². The Hall–Kier alpha value is -3.61. The molecule has 7 heteroatoms. The van der Waals surface area contributed by atoms with Gasteiger partial charge in [0, 0.05) is 35.0 Å². The normalized spacial score (nSPS) is 11.6. The quantitative estimate of drug-likeness (QED) is 0.563. The number of carbonyl (C=O) groups is 1. The number of aromatic amines is 1. The summed E-state index contributed by atoms with van der Waals surface area (Å²) in [6.45, 7) is 0. The van der Waals surface area contributed by atoms with Crippen LogP contribution in [0, 0.1) is 5.82 Å². The summed E-state index contributed by atoms with van der Waals surface area (Å²) in [5.41, 5.74) is 9.04. The average Bonchev–Trinajstić information content (AvgIpc) is 3.01. The van der Waals surface area contributed by atoms with Crippen LogP contribution in [0.15, 0.2) is 48.9 Å². The highest BCUT2D eigenvalue weighted by molar-refractivity contribution is 5.94. The smallest absolute Gasteiger partial charge is 0.241 e. The number of rotatable bonds is 3. The molecule has 1 amide bonds. The van der Waals surface area contributed by atoms with Crippen molar-refractivity contribution >= 4 is 34.1 Å². The zero-order valence-corrected chi connectivity index (χ0v) is 12.9. The molecule has 0 aliphatic carbocycles. The maximum absolute atomic E-state index is 13.4. The first-order chi connectivity index (χ1) is 12.1. The molecule has 0 atom stereocenters. The zero-order valence-electron chi connectivity index (χ0n) is 12.9. The van der Waals surface area contributed by atoms with E-state index in [1.165, 1.54) is 18.2 Å². The van der Waals surface area contributed by atoms with Crippen molar-refractivity contribution in [1.82, 2.24) is 19.9 Å². The van der Waals surface area contributed by atoms with Crippen LogP contribution < -0.4 is 5.73 Å². The summed E-state index contributed by atoms with van der Waals surface area (Å²) in [6, 6.07) is 6.24. The number of primary amides is 1. The van der Waals surface area contributed by atoms with Gasteiger partial charge < -0.3 is 10.7 Å². The fourth-order valence-corrected chi connectivity index (χ4v) is 2.59. The second-order valence-electron chi connectivity index (χ2n) is 5.49. The highest BCUT2D eigenvalue weighted by atomic mass is 19.1. The first-order valence-corrected chi connectivity index (χ1v) is 7.47. The lowest BCUT2D eigenvalue weighted by Crippen LogP contribution is -2.05. The fourth-order valence-electron chi connectivity index (χ4n) is 2.59. The van der Waals surface area contributed by atoms with E-state index in [0.717, 1.165) is 5.56 Å². The summed E-state index contributed by atoms with van der Waals surface area (Å²) in [6.07, 6.45) is 7.82. The topological polar surface area (TPSA) is 97.6 Å². The fraction of sp³-hybridized carbons (Fsp3) is 0. The zero-order chi connectivity index (χ0) is 17.4. The van der Waals surface area contributed by atoms with Crippen LogP contribution in [0.4, 0.5) is 4.39 Å². The SMILES string of the molecule is NC(=O)C=Cc1c[nH]c2ncc(-c3cnc4ccc(F)cc4c3)nc12. The van der Waals surface area contributed by atoms with Gasteiger partial charge in [-0.2, -0.15) is 0 Å². The van der Waals surface area contributed by atoms with E-state index in [1.54, 1.807) is 30.7 Å². The summed E-state index contributed by atoms with van der Waals surface area (Å²) in [4.78, 5) is 27.2. The van der Waals surface area contributed by atoms with Crippen molar-refractivity contribution < 1.29 is 9.18 Å². The number of amides is 1. The first-order valence-electron chi connectivity index (χ1n) is 7.47. The van der Waals surface area contributed by atoms with Crippen LogP contribution in [-0.4, -0.2) is 25.8 Å². The molecule has 3 heterocycles. The number of hydrogen-bond donors (Lipinski definition) is 2. The number of pyridine rings is 1. The lowest BCUT2D eigenvalue weighted by molar-refractivity contribution is -0.113. The molecule has 0 aliphatic heterocycles. The third-order valence-electron chi connectivity index (χ3n) is 3.78. The van der Waals surface area contributed by atoms with E-state index < -0.39 is 5.91 Å². The number of benzene rings is 1. The Balaban J connectivity index is 1.83. The van der Waals surface area contributed by atoms with Gasteiger partial charge in [0.2, 0.25) is 5.91 Å². The van der Waals surface area contributed by atoms with Crippen molar-refractivity contribution in [1.29, 1.82) is 0 Å². The Labute approximate surface area is 141 Å². The maximum Gasteiger partial charge on any atom is 0.241 e. The van der Waals surface area contributed by atoms with Gasteiger partial charge in [-0.15, -0.1) is 0 Å². The number of nitrogens with zero attached hydrogens (tertiary/aromatic N) is 3. The van der Waals surface area contributed by atoms with Crippen molar-refractivity contribution in [3.8, 4) is 11.3 Å². The van der Waals surface area contributed by atoms with Gasteiger partial charge in [-0.05, 0) is 30.3 Å². The van der Waals surface area contributed by atoms with Crippen molar-refractivity contribution in [2.45, 2.75) is 0 Å². The molecular weight excluding hydrogens is 321 g/mol. The predicted molar refractivity (Wildman–Crippen MR) is 92.8 cm³/mol. The van der Waals surface area contributed by atoms with Crippen LogP contribution in [0.2, 0.25) is 0 Å². The lowest BCUT2D eigenvalue weighted by Gasteiger charge is -2.03. The molecule has 3 aromatic heterocycles. The van der Waals surface area contributed by atoms with E-state index >= 15 is 0 Å². The second-order valence-corrected chi connectivity index (χ2v) is 5.49. The summed E-state index contributed by atoms with van der Waals surface area (Å²) < 4.78 is 13.4. The maximum atomic E-state index is 13.4. The molecule has 1 aromatic carbocycles. The monoisotopic (exact) mass is 333 g/mol. The Kier molecular flexibility index (Phi) is 3.46. The van der Waals surface area contributed by atoms with E-state index in [0.29, 0.717) is 33.3 Å². The Morgan fingerprint density at radius 3 is 2.92 bits per heavy atom. The molecule has 6 nitrogen and oxygen atoms in total. The van der Waals surface area contributed by atoms with E-state index in [9.17, 15) is 9.18 Å². The highest BCUT2D eigenvalue weighted by Crippen LogP contribution is 2.24. The molecule has 122 valence electrons. The van der Waals surface area contributed by atoms with Gasteiger partial charge in [0.1, 0.15) is 11.3 Å². The summed E-state index contributed by atoms with van der Waals surface area (Å²) in [7, 11) is 0. The average molecular weight is 333 g/mol. The number of nitrogens with two attached hydrogens (primary N) is 1. The standard InChI is InChI=1S/C18H12FN5O/c19-13-2-3-14-11(6-13)5-12(8-21-14)15-9-23-18-17(24-15)10(7-22-18)1-4-16(20)25/h1-9H,(H2,20,25)(H,22,23). The largest absolute Gasteiger partial charge is 0.366 e. The molecule has 0 unspecified atom stereocenters. The van der Waals surface area contributed by atoms with E-state index in [2.05, 4.69) is 19.9 Å².